The first-order chi connectivity index (χ1) is 15.6. The van der Waals surface area contributed by atoms with Gasteiger partial charge in [-0.15, -0.1) is 0 Å². The van der Waals surface area contributed by atoms with E-state index in [1.807, 2.05) is 0 Å². The van der Waals surface area contributed by atoms with Gasteiger partial charge in [0.15, 0.2) is 6.29 Å². The number of amides is 1. The molecule has 10 heteroatoms. The normalized spacial score (nSPS) is 15.1. The number of aromatic nitrogens is 3. The third kappa shape index (κ3) is 4.62. The molecule has 1 fully saturated rings. The van der Waals surface area contributed by atoms with Crippen molar-refractivity contribution in [1.82, 2.24) is 19.9 Å². The third-order valence-corrected chi connectivity index (χ3v) is 4.92. The Balaban J connectivity index is 1.51. The summed E-state index contributed by atoms with van der Waals surface area (Å²) in [5, 5.41) is 21.7. The van der Waals surface area contributed by atoms with Crippen LogP contribution in [0.2, 0.25) is 0 Å². The van der Waals surface area contributed by atoms with Crippen molar-refractivity contribution >= 4 is 24.0 Å². The van der Waals surface area contributed by atoms with E-state index < -0.39 is 6.09 Å². The molecule has 1 aliphatic rings. The van der Waals surface area contributed by atoms with Gasteiger partial charge in [-0.1, -0.05) is 0 Å². The molecule has 1 aliphatic heterocycles. The number of carbonyl (C=O) groups excluding carboxylic acids is 1. The predicted molar refractivity (Wildman–Crippen MR) is 114 cm³/mol. The molecule has 4 rings (SSSR count). The van der Waals surface area contributed by atoms with Crippen LogP contribution in [0.5, 0.6) is 5.75 Å². The summed E-state index contributed by atoms with van der Waals surface area (Å²) >= 11 is 0. The molecular formula is C22H18N6O4. The van der Waals surface area contributed by atoms with Crippen molar-refractivity contribution in [2.24, 2.45) is 0 Å². The number of nitrogens with zero attached hydrogens (tertiary/aromatic N) is 5. The van der Waals surface area contributed by atoms with E-state index in [0.29, 0.717) is 59.2 Å². The van der Waals surface area contributed by atoms with E-state index in [4.69, 9.17) is 9.84 Å². The number of carboxylic acid groups (broad SMARTS) is 1. The summed E-state index contributed by atoms with van der Waals surface area (Å²) < 4.78 is 5.89. The number of hydrogen-bond acceptors (Lipinski definition) is 8. The molecule has 2 aromatic heterocycles. The molecular weight excluding hydrogens is 412 g/mol. The summed E-state index contributed by atoms with van der Waals surface area (Å²) in [6, 6.07) is 12.3. The van der Waals surface area contributed by atoms with Gasteiger partial charge in [-0.2, -0.15) is 5.26 Å². The third-order valence-electron chi connectivity index (χ3n) is 4.92. The molecule has 160 valence electrons. The van der Waals surface area contributed by atoms with Crippen molar-refractivity contribution in [3.05, 3.63) is 60.0 Å². The molecule has 10 nitrogen and oxygen atoms in total. The molecule has 0 aliphatic carbocycles. The fourth-order valence-corrected chi connectivity index (χ4v) is 3.31. The molecule has 1 aromatic carbocycles. The molecule has 0 unspecified atom stereocenters. The monoisotopic (exact) mass is 430 g/mol. The lowest BCUT2D eigenvalue weighted by molar-refractivity contribution is 0.111. The standard InChI is InChI=1S/C22H18N6O4/c23-10-15-9-14(1-4-20(15)32-18-6-8-28(12-18)22(30)31)19-5-7-24-21(27-19)26-16-2-3-17(13-29)25-11-16/h1-5,7,9,11,13,18H,6,8,12H2,(H,30,31)(H,24,26,27)/t18-/m1/s1. The molecule has 0 radical (unpaired) electrons. The van der Waals surface area contributed by atoms with Gasteiger partial charge < -0.3 is 20.1 Å². The average Bonchev–Trinajstić information content (AvgIpc) is 3.29. The zero-order valence-electron chi connectivity index (χ0n) is 16.8. The van der Waals surface area contributed by atoms with Crippen molar-refractivity contribution in [2.45, 2.75) is 12.5 Å². The average molecular weight is 430 g/mol. The second-order valence-corrected chi connectivity index (χ2v) is 7.06. The minimum absolute atomic E-state index is 0.269. The zero-order valence-corrected chi connectivity index (χ0v) is 16.8. The van der Waals surface area contributed by atoms with E-state index in [-0.39, 0.29) is 12.6 Å². The summed E-state index contributed by atoms with van der Waals surface area (Å²) in [4.78, 5) is 35.8. The van der Waals surface area contributed by atoms with Crippen LogP contribution in [0.3, 0.4) is 0 Å². The minimum Gasteiger partial charge on any atom is -0.487 e. The quantitative estimate of drug-likeness (QED) is 0.564. The molecule has 3 aromatic rings. The number of hydrogen-bond donors (Lipinski definition) is 2. The van der Waals surface area contributed by atoms with Gasteiger partial charge in [-0.25, -0.2) is 14.8 Å². The molecule has 0 saturated carbocycles. The topological polar surface area (TPSA) is 141 Å². The van der Waals surface area contributed by atoms with Crippen LogP contribution >= 0.6 is 0 Å². The van der Waals surface area contributed by atoms with Crippen LogP contribution in [0.1, 0.15) is 22.5 Å². The van der Waals surface area contributed by atoms with Crippen LogP contribution in [0, 0.1) is 11.3 Å². The van der Waals surface area contributed by atoms with Gasteiger partial charge in [0.1, 0.15) is 23.6 Å². The lowest BCUT2D eigenvalue weighted by Crippen LogP contribution is -2.29. The van der Waals surface area contributed by atoms with Crippen molar-refractivity contribution in [1.29, 1.82) is 5.26 Å². The Hall–Kier alpha value is -4.52. The van der Waals surface area contributed by atoms with Crippen LogP contribution in [0.4, 0.5) is 16.4 Å². The fourth-order valence-electron chi connectivity index (χ4n) is 3.31. The molecule has 32 heavy (non-hydrogen) atoms. The number of nitriles is 1. The second-order valence-electron chi connectivity index (χ2n) is 7.06. The number of rotatable bonds is 6. The van der Waals surface area contributed by atoms with E-state index in [0.717, 1.165) is 0 Å². The maximum absolute atomic E-state index is 11.1. The zero-order chi connectivity index (χ0) is 22.5. The smallest absolute Gasteiger partial charge is 0.407 e. The summed E-state index contributed by atoms with van der Waals surface area (Å²) in [5.41, 5.74) is 2.58. The number of nitrogens with one attached hydrogen (secondary N) is 1. The maximum atomic E-state index is 11.1. The molecule has 1 saturated heterocycles. The van der Waals surface area contributed by atoms with Gasteiger partial charge >= 0.3 is 6.09 Å². The molecule has 2 N–H and O–H groups in total. The number of likely N-dealkylation sites (tertiary alicyclic amines) is 1. The minimum atomic E-state index is -0.976. The molecule has 0 bridgehead atoms. The molecule has 1 amide bonds. The first-order valence-electron chi connectivity index (χ1n) is 9.76. The fraction of sp³-hybridized carbons (Fsp3) is 0.182. The van der Waals surface area contributed by atoms with Crippen LogP contribution in [0.25, 0.3) is 11.3 Å². The predicted octanol–water partition coefficient (Wildman–Crippen LogP) is 3.10. The highest BCUT2D eigenvalue weighted by atomic mass is 16.5. The summed E-state index contributed by atoms with van der Waals surface area (Å²) in [6.45, 7) is 0.676. The highest BCUT2D eigenvalue weighted by Gasteiger charge is 2.27. The highest BCUT2D eigenvalue weighted by Crippen LogP contribution is 2.28. The first-order valence-corrected chi connectivity index (χ1v) is 9.76. The molecule has 1 atom stereocenters. The Labute approximate surface area is 183 Å². The number of anilines is 2. The van der Waals surface area contributed by atoms with E-state index in [9.17, 15) is 14.9 Å². The Morgan fingerprint density at radius 1 is 1.28 bits per heavy atom. The van der Waals surface area contributed by atoms with E-state index in [1.165, 1.54) is 11.1 Å². The molecule has 0 spiro atoms. The largest absolute Gasteiger partial charge is 0.487 e. The van der Waals surface area contributed by atoms with Gasteiger partial charge in [0.25, 0.3) is 0 Å². The van der Waals surface area contributed by atoms with Crippen molar-refractivity contribution < 1.29 is 19.4 Å². The van der Waals surface area contributed by atoms with Crippen LogP contribution in [0.15, 0.2) is 48.8 Å². The van der Waals surface area contributed by atoms with Gasteiger partial charge in [0, 0.05) is 24.7 Å². The van der Waals surface area contributed by atoms with Gasteiger partial charge in [0.05, 0.1) is 29.7 Å². The van der Waals surface area contributed by atoms with Gasteiger partial charge in [-0.3, -0.25) is 9.78 Å². The summed E-state index contributed by atoms with van der Waals surface area (Å²) in [6.07, 6.45) is 3.06. The summed E-state index contributed by atoms with van der Waals surface area (Å²) in [5.74, 6) is 0.740. The lowest BCUT2D eigenvalue weighted by Gasteiger charge is -2.16. The van der Waals surface area contributed by atoms with E-state index >= 15 is 0 Å². The highest BCUT2D eigenvalue weighted by molar-refractivity contribution is 5.72. The summed E-state index contributed by atoms with van der Waals surface area (Å²) in [7, 11) is 0. The van der Waals surface area contributed by atoms with Crippen LogP contribution in [-0.4, -0.2) is 56.5 Å². The van der Waals surface area contributed by atoms with Crippen LogP contribution < -0.4 is 10.1 Å². The maximum Gasteiger partial charge on any atom is 0.407 e. The van der Waals surface area contributed by atoms with Crippen molar-refractivity contribution in [3.63, 3.8) is 0 Å². The Kier molecular flexibility index (Phi) is 5.89. The van der Waals surface area contributed by atoms with E-state index in [1.54, 1.807) is 42.6 Å². The van der Waals surface area contributed by atoms with Gasteiger partial charge in [-0.05, 0) is 36.4 Å². The van der Waals surface area contributed by atoms with Crippen molar-refractivity contribution in [3.8, 4) is 23.1 Å². The Bertz CT molecular complexity index is 1190. The lowest BCUT2D eigenvalue weighted by atomic mass is 10.1. The van der Waals surface area contributed by atoms with Gasteiger partial charge in [0.2, 0.25) is 5.95 Å². The number of pyridine rings is 1. The number of benzene rings is 1. The number of carbonyl (C=O) groups is 2. The van der Waals surface area contributed by atoms with Crippen LogP contribution in [-0.2, 0) is 0 Å². The van der Waals surface area contributed by atoms with Crippen molar-refractivity contribution in [2.75, 3.05) is 18.4 Å². The number of ether oxygens (including phenoxy) is 1. The first kappa shape index (κ1) is 20.7. The second kappa shape index (κ2) is 9.09. The SMILES string of the molecule is N#Cc1cc(-c2ccnc(Nc3ccc(C=O)nc3)n2)ccc1O[C@@H]1CCN(C(=O)O)C1. The van der Waals surface area contributed by atoms with E-state index in [2.05, 4.69) is 26.3 Å². The molecule has 3 heterocycles. The number of aldehydes is 1. The Morgan fingerprint density at radius 2 is 2.16 bits per heavy atom. The Morgan fingerprint density at radius 3 is 2.84 bits per heavy atom.